The number of aldehydes is 1. The van der Waals surface area contributed by atoms with Crippen molar-refractivity contribution < 1.29 is 22.7 Å². The number of hydrogen-bond donors (Lipinski definition) is 1. The van der Waals surface area contributed by atoms with Crippen LogP contribution >= 0.6 is 0 Å². The molecule has 0 aromatic heterocycles. The molecule has 0 saturated carbocycles. The second kappa shape index (κ2) is 6.66. The van der Waals surface area contributed by atoms with Crippen molar-refractivity contribution in [2.24, 2.45) is 0 Å². The molecule has 0 radical (unpaired) electrons. The van der Waals surface area contributed by atoms with Gasteiger partial charge in [0.05, 0.1) is 6.04 Å². The molecule has 4 nitrogen and oxygen atoms in total. The van der Waals surface area contributed by atoms with Crippen LogP contribution in [0.25, 0.3) is 0 Å². The molecule has 1 N–H and O–H groups in total. The Morgan fingerprint density at radius 1 is 1.23 bits per heavy atom. The predicted molar refractivity (Wildman–Crippen MR) is 75.6 cm³/mol. The zero-order valence-electron chi connectivity index (χ0n) is 12.4. The highest BCUT2D eigenvalue weighted by Crippen LogP contribution is 2.26. The minimum absolute atomic E-state index is 0.249. The summed E-state index contributed by atoms with van der Waals surface area (Å²) < 4.78 is 40.3. The van der Waals surface area contributed by atoms with E-state index in [0.717, 1.165) is 6.29 Å². The molecule has 1 aliphatic heterocycles. The minimum atomic E-state index is -4.71. The molecule has 0 spiro atoms. The van der Waals surface area contributed by atoms with E-state index in [0.29, 0.717) is 18.7 Å². The van der Waals surface area contributed by atoms with E-state index >= 15 is 0 Å². The lowest BCUT2D eigenvalue weighted by molar-refractivity contribution is -0.274. The largest absolute Gasteiger partial charge is 0.573 e. The molecule has 3 unspecified atom stereocenters. The molecule has 122 valence electrons. The molecular weight excluding hydrogens is 297 g/mol. The minimum Gasteiger partial charge on any atom is -0.406 e. The zero-order chi connectivity index (χ0) is 16.3. The van der Waals surface area contributed by atoms with Gasteiger partial charge in [0.25, 0.3) is 0 Å². The molecule has 22 heavy (non-hydrogen) atoms. The first-order valence-electron chi connectivity index (χ1n) is 7.09. The number of carbonyl (C=O) groups excluding carboxylic acids is 1. The molecule has 1 saturated heterocycles. The van der Waals surface area contributed by atoms with Gasteiger partial charge >= 0.3 is 6.36 Å². The van der Waals surface area contributed by atoms with Gasteiger partial charge in [-0.2, -0.15) is 0 Å². The zero-order valence-corrected chi connectivity index (χ0v) is 12.4. The number of piperazine rings is 1. The number of ether oxygens (including phenoxy) is 1. The van der Waals surface area contributed by atoms with E-state index < -0.39 is 12.4 Å². The smallest absolute Gasteiger partial charge is 0.406 e. The molecule has 7 heteroatoms. The second-order valence-electron chi connectivity index (χ2n) is 5.62. The van der Waals surface area contributed by atoms with Crippen molar-refractivity contribution in [1.29, 1.82) is 0 Å². The van der Waals surface area contributed by atoms with Gasteiger partial charge in [-0.25, -0.2) is 0 Å². The number of nitrogens with one attached hydrogen (secondary N) is 1. The molecule has 1 aromatic rings. The summed E-state index contributed by atoms with van der Waals surface area (Å²) in [5.74, 6) is -0.289. The molecule has 0 bridgehead atoms. The third-order valence-electron chi connectivity index (χ3n) is 3.56. The van der Waals surface area contributed by atoms with Gasteiger partial charge in [0.15, 0.2) is 0 Å². The predicted octanol–water partition coefficient (Wildman–Crippen LogP) is 2.51. The summed E-state index contributed by atoms with van der Waals surface area (Å²) in [6.45, 7) is 5.47. The van der Waals surface area contributed by atoms with Crippen LogP contribution in [0.1, 0.15) is 25.5 Å². The molecule has 1 fully saturated rings. The molecule has 1 heterocycles. The quantitative estimate of drug-likeness (QED) is 0.867. The van der Waals surface area contributed by atoms with E-state index in [4.69, 9.17) is 0 Å². The number of nitrogens with zero attached hydrogens (tertiary/aromatic N) is 1. The molecule has 1 aliphatic rings. The Morgan fingerprint density at radius 2 is 1.77 bits per heavy atom. The summed E-state index contributed by atoms with van der Waals surface area (Å²) in [7, 11) is 0. The van der Waals surface area contributed by atoms with Gasteiger partial charge in [-0.15, -0.1) is 13.2 Å². The maximum Gasteiger partial charge on any atom is 0.573 e. The van der Waals surface area contributed by atoms with Crippen LogP contribution in [-0.4, -0.2) is 42.7 Å². The summed E-state index contributed by atoms with van der Waals surface area (Å²) in [4.78, 5) is 13.5. The SMILES string of the molecule is CC1CN(C(C=O)c2ccc(OC(F)(F)F)cc2)CC(C)N1. The number of rotatable bonds is 4. The standard InChI is InChI=1S/C15H19F3N2O2/c1-10-7-20(8-11(2)19-10)14(9-21)12-3-5-13(6-4-12)22-15(16,17)18/h3-6,9-11,14,19H,7-8H2,1-2H3. The van der Waals surface area contributed by atoms with Gasteiger partial charge in [0.1, 0.15) is 12.0 Å². The number of alkyl halides is 3. The Labute approximate surface area is 127 Å². The van der Waals surface area contributed by atoms with Crippen LogP contribution in [0.4, 0.5) is 13.2 Å². The van der Waals surface area contributed by atoms with Crippen LogP contribution in [0.2, 0.25) is 0 Å². The Kier molecular flexibility index (Phi) is 5.08. The Bertz CT molecular complexity index is 495. The maximum absolute atomic E-state index is 12.1. The van der Waals surface area contributed by atoms with Gasteiger partial charge in [-0.1, -0.05) is 12.1 Å². The summed E-state index contributed by atoms with van der Waals surface area (Å²) in [5.41, 5.74) is 0.658. The first-order chi connectivity index (χ1) is 10.3. The topological polar surface area (TPSA) is 41.6 Å². The third-order valence-corrected chi connectivity index (χ3v) is 3.56. The van der Waals surface area contributed by atoms with E-state index in [2.05, 4.69) is 10.1 Å². The average Bonchev–Trinajstić information content (AvgIpc) is 2.38. The lowest BCUT2D eigenvalue weighted by Crippen LogP contribution is -2.55. The molecular formula is C15H19F3N2O2. The van der Waals surface area contributed by atoms with E-state index in [1.54, 1.807) is 0 Å². The van der Waals surface area contributed by atoms with E-state index in [1.807, 2.05) is 18.7 Å². The van der Waals surface area contributed by atoms with Gasteiger partial charge in [-0.3, -0.25) is 4.90 Å². The highest BCUT2D eigenvalue weighted by Gasteiger charge is 2.31. The summed E-state index contributed by atoms with van der Waals surface area (Å²) in [5, 5.41) is 3.37. The van der Waals surface area contributed by atoms with Crippen molar-refractivity contribution in [1.82, 2.24) is 10.2 Å². The maximum atomic E-state index is 12.1. The van der Waals surface area contributed by atoms with Crippen LogP contribution in [0, 0.1) is 0 Å². The van der Waals surface area contributed by atoms with Crippen molar-refractivity contribution >= 4 is 6.29 Å². The number of benzene rings is 1. The molecule has 0 aliphatic carbocycles. The molecule has 3 atom stereocenters. The summed E-state index contributed by atoms with van der Waals surface area (Å²) in [6, 6.07) is 5.49. The number of hydrogen-bond acceptors (Lipinski definition) is 4. The fraction of sp³-hybridized carbons (Fsp3) is 0.533. The number of carbonyl (C=O) groups is 1. The van der Waals surface area contributed by atoms with Crippen LogP contribution in [0.5, 0.6) is 5.75 Å². The third kappa shape index (κ3) is 4.45. The van der Waals surface area contributed by atoms with Crippen LogP contribution < -0.4 is 10.1 Å². The van der Waals surface area contributed by atoms with Gasteiger partial charge in [0.2, 0.25) is 0 Å². The fourth-order valence-corrected chi connectivity index (χ4v) is 2.84. The normalized spacial score (nSPS) is 24.8. The van der Waals surface area contributed by atoms with Crippen molar-refractivity contribution in [2.45, 2.75) is 38.3 Å². The van der Waals surface area contributed by atoms with Crippen LogP contribution in [0.15, 0.2) is 24.3 Å². The Hall–Kier alpha value is -1.60. The first kappa shape index (κ1) is 16.8. The van der Waals surface area contributed by atoms with Crippen molar-refractivity contribution in [3.05, 3.63) is 29.8 Å². The lowest BCUT2D eigenvalue weighted by atomic mass is 10.0. The van der Waals surface area contributed by atoms with Gasteiger partial charge in [0, 0.05) is 25.2 Å². The van der Waals surface area contributed by atoms with Crippen LogP contribution in [0.3, 0.4) is 0 Å². The monoisotopic (exact) mass is 316 g/mol. The summed E-state index contributed by atoms with van der Waals surface area (Å²) in [6.07, 6.45) is -3.89. The Balaban J connectivity index is 2.12. The van der Waals surface area contributed by atoms with Crippen molar-refractivity contribution in [3.8, 4) is 5.75 Å². The molecule has 2 rings (SSSR count). The summed E-state index contributed by atoms with van der Waals surface area (Å²) >= 11 is 0. The van der Waals surface area contributed by atoms with Crippen molar-refractivity contribution in [3.63, 3.8) is 0 Å². The van der Waals surface area contributed by atoms with Gasteiger partial charge < -0.3 is 14.8 Å². The fourth-order valence-electron chi connectivity index (χ4n) is 2.84. The Morgan fingerprint density at radius 3 is 2.23 bits per heavy atom. The van der Waals surface area contributed by atoms with E-state index in [-0.39, 0.29) is 17.8 Å². The second-order valence-corrected chi connectivity index (χ2v) is 5.62. The molecule has 1 aromatic carbocycles. The van der Waals surface area contributed by atoms with E-state index in [1.165, 1.54) is 24.3 Å². The lowest BCUT2D eigenvalue weighted by Gasteiger charge is -2.39. The highest BCUT2D eigenvalue weighted by molar-refractivity contribution is 5.61. The number of halogens is 3. The average molecular weight is 316 g/mol. The van der Waals surface area contributed by atoms with Gasteiger partial charge in [-0.05, 0) is 31.5 Å². The highest BCUT2D eigenvalue weighted by atomic mass is 19.4. The first-order valence-corrected chi connectivity index (χ1v) is 7.09. The van der Waals surface area contributed by atoms with Crippen molar-refractivity contribution in [2.75, 3.05) is 13.1 Å². The molecule has 0 amide bonds. The van der Waals surface area contributed by atoms with E-state index in [9.17, 15) is 18.0 Å². The van der Waals surface area contributed by atoms with Crippen LogP contribution in [-0.2, 0) is 4.79 Å².